The maximum absolute atomic E-state index is 12.9. The fraction of sp³-hybridized carbons (Fsp3) is 0.208. The van der Waals surface area contributed by atoms with Gasteiger partial charge in [-0.3, -0.25) is 9.52 Å². The maximum atomic E-state index is 12.9. The van der Waals surface area contributed by atoms with Crippen molar-refractivity contribution in [3.8, 4) is 11.5 Å². The molecule has 0 saturated carbocycles. The van der Waals surface area contributed by atoms with Gasteiger partial charge in [0.1, 0.15) is 17.3 Å². The Labute approximate surface area is 192 Å². The number of ether oxygens (including phenoxy) is 2. The van der Waals surface area contributed by atoms with Gasteiger partial charge in [-0.05, 0) is 79.6 Å². The Morgan fingerprint density at radius 1 is 0.970 bits per heavy atom. The van der Waals surface area contributed by atoms with E-state index in [1.54, 1.807) is 43.3 Å². The summed E-state index contributed by atoms with van der Waals surface area (Å²) in [6.45, 7) is 4.09. The van der Waals surface area contributed by atoms with E-state index in [0.717, 1.165) is 5.56 Å². The van der Waals surface area contributed by atoms with E-state index in [0.29, 0.717) is 29.4 Å². The zero-order valence-corrected chi connectivity index (χ0v) is 19.1. The minimum absolute atomic E-state index is 0.0713. The van der Waals surface area contributed by atoms with E-state index in [1.807, 2.05) is 6.92 Å². The fourth-order valence-corrected chi connectivity index (χ4v) is 4.09. The number of nitrogens with one attached hydrogen (secondary N) is 2. The van der Waals surface area contributed by atoms with Gasteiger partial charge in [0, 0.05) is 12.2 Å². The predicted molar refractivity (Wildman–Crippen MR) is 123 cm³/mol. The molecule has 0 radical (unpaired) electrons. The van der Waals surface area contributed by atoms with E-state index < -0.39 is 10.0 Å². The summed E-state index contributed by atoms with van der Waals surface area (Å²) in [4.78, 5) is 12.1. The average molecular weight is 473 g/mol. The maximum Gasteiger partial charge on any atom is 0.261 e. The Balaban J connectivity index is 1.56. The molecule has 7 nitrogen and oxygen atoms in total. The highest BCUT2D eigenvalue weighted by molar-refractivity contribution is 7.92. The number of aryl methyl sites for hydroxylation is 1. The lowest BCUT2D eigenvalue weighted by Crippen LogP contribution is -2.28. The molecule has 33 heavy (non-hydrogen) atoms. The van der Waals surface area contributed by atoms with E-state index in [9.17, 15) is 17.6 Å². The fourth-order valence-electron chi connectivity index (χ4n) is 2.95. The molecule has 3 aromatic carbocycles. The normalized spacial score (nSPS) is 11.0. The number of amides is 1. The highest BCUT2D eigenvalue weighted by atomic mass is 32.2. The second-order valence-corrected chi connectivity index (χ2v) is 8.86. The van der Waals surface area contributed by atoms with Gasteiger partial charge >= 0.3 is 0 Å². The van der Waals surface area contributed by atoms with Crippen molar-refractivity contribution in [2.24, 2.45) is 0 Å². The summed E-state index contributed by atoms with van der Waals surface area (Å²) in [6, 6.07) is 16.8. The van der Waals surface area contributed by atoms with Crippen LogP contribution in [0.15, 0.2) is 71.6 Å². The predicted octanol–water partition coefficient (Wildman–Crippen LogP) is 4.03. The molecule has 0 saturated heterocycles. The Bertz CT molecular complexity index is 1200. The molecule has 3 aromatic rings. The Morgan fingerprint density at radius 2 is 1.67 bits per heavy atom. The van der Waals surface area contributed by atoms with Crippen molar-refractivity contribution >= 4 is 21.6 Å². The molecule has 174 valence electrons. The third-order valence-electron chi connectivity index (χ3n) is 4.64. The van der Waals surface area contributed by atoms with Crippen LogP contribution in [-0.4, -0.2) is 27.5 Å². The largest absolute Gasteiger partial charge is 0.494 e. The van der Waals surface area contributed by atoms with Gasteiger partial charge in [0.25, 0.3) is 15.9 Å². The molecule has 0 spiro atoms. The molecule has 0 unspecified atom stereocenters. The lowest BCUT2D eigenvalue weighted by molar-refractivity contribution is -0.123. The van der Waals surface area contributed by atoms with Crippen LogP contribution in [0.5, 0.6) is 11.5 Å². The number of hydrogen-bond acceptors (Lipinski definition) is 5. The number of benzene rings is 3. The van der Waals surface area contributed by atoms with Gasteiger partial charge in [-0.15, -0.1) is 0 Å². The quantitative estimate of drug-likeness (QED) is 0.465. The van der Waals surface area contributed by atoms with Crippen LogP contribution in [0.3, 0.4) is 0 Å². The third-order valence-corrected chi connectivity index (χ3v) is 6.01. The van der Waals surface area contributed by atoms with Crippen LogP contribution in [0.4, 0.5) is 10.1 Å². The number of anilines is 1. The summed E-state index contributed by atoms with van der Waals surface area (Å²) in [7, 11) is -3.80. The van der Waals surface area contributed by atoms with Crippen molar-refractivity contribution in [3.63, 3.8) is 0 Å². The molecule has 0 fully saturated rings. The molecule has 0 bridgehead atoms. The van der Waals surface area contributed by atoms with Gasteiger partial charge in [-0.1, -0.05) is 12.1 Å². The van der Waals surface area contributed by atoms with Crippen LogP contribution in [0.1, 0.15) is 18.1 Å². The highest BCUT2D eigenvalue weighted by Gasteiger charge is 2.16. The highest BCUT2D eigenvalue weighted by Crippen LogP contribution is 2.24. The van der Waals surface area contributed by atoms with E-state index in [4.69, 9.17) is 9.47 Å². The topological polar surface area (TPSA) is 93.7 Å². The molecule has 3 rings (SSSR count). The molecule has 9 heteroatoms. The number of hydrogen-bond donors (Lipinski definition) is 2. The van der Waals surface area contributed by atoms with Gasteiger partial charge < -0.3 is 14.8 Å². The van der Waals surface area contributed by atoms with Crippen molar-refractivity contribution < 1.29 is 27.1 Å². The summed E-state index contributed by atoms with van der Waals surface area (Å²) in [5.74, 6) is 0.350. The van der Waals surface area contributed by atoms with E-state index in [2.05, 4.69) is 10.0 Å². The van der Waals surface area contributed by atoms with Crippen molar-refractivity contribution in [1.29, 1.82) is 0 Å². The molecule has 0 aromatic heterocycles. The smallest absolute Gasteiger partial charge is 0.261 e. The second kappa shape index (κ2) is 10.8. The zero-order valence-electron chi connectivity index (χ0n) is 18.3. The van der Waals surface area contributed by atoms with Crippen LogP contribution in [0, 0.1) is 12.7 Å². The Morgan fingerprint density at radius 3 is 2.30 bits per heavy atom. The summed E-state index contributed by atoms with van der Waals surface area (Å²) in [5.41, 5.74) is 1.74. The molecular weight excluding hydrogens is 447 g/mol. The van der Waals surface area contributed by atoms with Crippen LogP contribution < -0.4 is 19.5 Å². The lowest BCUT2D eigenvalue weighted by Gasteiger charge is -2.13. The first-order valence-corrected chi connectivity index (χ1v) is 11.8. The van der Waals surface area contributed by atoms with Gasteiger partial charge in [0.15, 0.2) is 6.61 Å². The Kier molecular flexibility index (Phi) is 7.89. The number of carbonyl (C=O) groups is 1. The molecule has 0 aliphatic heterocycles. The minimum Gasteiger partial charge on any atom is -0.494 e. The monoisotopic (exact) mass is 472 g/mol. The van der Waals surface area contributed by atoms with Crippen LogP contribution >= 0.6 is 0 Å². The first kappa shape index (κ1) is 24.1. The summed E-state index contributed by atoms with van der Waals surface area (Å²) in [5, 5.41) is 2.68. The zero-order chi connectivity index (χ0) is 23.8. The molecule has 2 N–H and O–H groups in total. The van der Waals surface area contributed by atoms with Gasteiger partial charge in [-0.2, -0.15) is 0 Å². The number of rotatable bonds is 10. The summed E-state index contributed by atoms with van der Waals surface area (Å²) >= 11 is 0. The second-order valence-electron chi connectivity index (χ2n) is 7.18. The van der Waals surface area contributed by atoms with E-state index in [1.165, 1.54) is 30.3 Å². The van der Waals surface area contributed by atoms with Crippen LogP contribution in [-0.2, 0) is 21.4 Å². The number of halogens is 1. The molecule has 1 amide bonds. The van der Waals surface area contributed by atoms with Crippen LogP contribution in [0.25, 0.3) is 0 Å². The SMILES string of the molecule is CCOc1ccc(NS(=O)(=O)c2ccc(OCC(=O)NCc3ccc(F)cc3)c(C)c2)cc1. The number of sulfonamides is 1. The van der Waals surface area contributed by atoms with E-state index in [-0.39, 0.29) is 29.8 Å². The summed E-state index contributed by atoms with van der Waals surface area (Å²) < 4.78 is 51.8. The molecule has 0 aliphatic carbocycles. The number of carbonyl (C=O) groups excluding carboxylic acids is 1. The van der Waals surface area contributed by atoms with Crippen molar-refractivity contribution in [1.82, 2.24) is 5.32 Å². The van der Waals surface area contributed by atoms with Gasteiger partial charge in [0.05, 0.1) is 11.5 Å². The Hall–Kier alpha value is -3.59. The first-order chi connectivity index (χ1) is 15.8. The molecule has 0 atom stereocenters. The van der Waals surface area contributed by atoms with Crippen molar-refractivity contribution in [3.05, 3.63) is 83.7 Å². The van der Waals surface area contributed by atoms with Gasteiger partial charge in [0.2, 0.25) is 0 Å². The van der Waals surface area contributed by atoms with Crippen molar-refractivity contribution in [2.45, 2.75) is 25.3 Å². The summed E-state index contributed by atoms with van der Waals surface area (Å²) in [6.07, 6.45) is 0. The standard InChI is InChI=1S/C24H25FN2O5S/c1-3-31-21-10-8-20(9-11-21)27-33(29,30)22-12-13-23(17(2)14-22)32-16-24(28)26-15-18-4-6-19(25)7-5-18/h4-14,27H,3,15-16H2,1-2H3,(H,26,28). The van der Waals surface area contributed by atoms with Gasteiger partial charge in [-0.25, -0.2) is 12.8 Å². The average Bonchev–Trinajstić information content (AvgIpc) is 2.79. The third kappa shape index (κ3) is 6.95. The molecule has 0 aliphatic rings. The molecular formula is C24H25FN2O5S. The lowest BCUT2D eigenvalue weighted by atomic mass is 10.2. The molecule has 0 heterocycles. The first-order valence-electron chi connectivity index (χ1n) is 10.3. The van der Waals surface area contributed by atoms with E-state index >= 15 is 0 Å². The van der Waals surface area contributed by atoms with Crippen molar-refractivity contribution in [2.75, 3.05) is 17.9 Å². The van der Waals surface area contributed by atoms with Crippen LogP contribution in [0.2, 0.25) is 0 Å². The minimum atomic E-state index is -3.80.